The highest BCUT2D eigenvalue weighted by Gasteiger charge is 2.27. The molecule has 20 heavy (non-hydrogen) atoms. The summed E-state index contributed by atoms with van der Waals surface area (Å²) in [5, 5.41) is 10.2. The molecule has 0 aliphatic carbocycles. The van der Waals surface area contributed by atoms with Crippen molar-refractivity contribution in [2.45, 2.75) is 39.2 Å². The normalized spacial score (nSPS) is 13.1. The van der Waals surface area contributed by atoms with E-state index < -0.39 is 12.8 Å². The molecule has 1 atom stereocenters. The van der Waals surface area contributed by atoms with E-state index in [2.05, 4.69) is 20.5 Å². The van der Waals surface area contributed by atoms with Gasteiger partial charge in [-0.1, -0.05) is 6.92 Å². The molecule has 1 aromatic rings. The molecule has 1 aromatic heterocycles. The van der Waals surface area contributed by atoms with Gasteiger partial charge in [0.1, 0.15) is 13.3 Å². The highest BCUT2D eigenvalue weighted by atomic mass is 32.1. The van der Waals surface area contributed by atoms with E-state index in [1.54, 1.807) is 0 Å². The fraction of sp³-hybridized carbons (Fsp3) is 0.636. The average Bonchev–Trinajstić information content (AvgIpc) is 2.74. The summed E-state index contributed by atoms with van der Waals surface area (Å²) in [4.78, 5) is 0. The number of hydrogen-bond acceptors (Lipinski definition) is 3. The lowest BCUT2D eigenvalue weighted by atomic mass is 10.3. The molecule has 0 saturated heterocycles. The maximum absolute atomic E-state index is 11.9. The maximum Gasteiger partial charge on any atom is 0.411 e. The van der Waals surface area contributed by atoms with Gasteiger partial charge in [0.2, 0.25) is 0 Å². The van der Waals surface area contributed by atoms with Crippen LogP contribution in [0, 0.1) is 0 Å². The number of rotatable bonds is 6. The van der Waals surface area contributed by atoms with Gasteiger partial charge in [-0.3, -0.25) is 0 Å². The summed E-state index contributed by atoms with van der Waals surface area (Å²) in [5.41, 5.74) is 0.585. The first-order valence-electron chi connectivity index (χ1n) is 6.04. The lowest BCUT2D eigenvalue weighted by Gasteiger charge is -2.14. The first-order chi connectivity index (χ1) is 9.30. The molecule has 0 aliphatic rings. The maximum atomic E-state index is 11.9. The molecule has 0 fully saturated rings. The van der Waals surface area contributed by atoms with Gasteiger partial charge in [-0.25, -0.2) is 4.68 Å². The van der Waals surface area contributed by atoms with Crippen LogP contribution in [0.15, 0.2) is 12.4 Å². The number of thiocarbonyl (C=S) groups is 1. The molecule has 114 valence electrons. The molecule has 0 radical (unpaired) electrons. The Kier molecular flexibility index (Phi) is 6.21. The molecule has 0 spiro atoms. The van der Waals surface area contributed by atoms with Crippen LogP contribution in [0.2, 0.25) is 0 Å². The van der Waals surface area contributed by atoms with Gasteiger partial charge in [0.05, 0.1) is 18.1 Å². The fourth-order valence-corrected chi connectivity index (χ4v) is 1.57. The first kappa shape index (κ1) is 16.7. The van der Waals surface area contributed by atoms with Crippen LogP contribution in [0.1, 0.15) is 20.3 Å². The number of anilines is 1. The average molecular weight is 310 g/mol. The Morgan fingerprint density at radius 2 is 2.25 bits per heavy atom. The van der Waals surface area contributed by atoms with Gasteiger partial charge in [0.25, 0.3) is 0 Å². The third-order valence-electron chi connectivity index (χ3n) is 2.37. The predicted molar refractivity (Wildman–Crippen MR) is 73.3 cm³/mol. The second-order valence-corrected chi connectivity index (χ2v) is 4.68. The largest absolute Gasteiger partial charge is 0.411 e. The van der Waals surface area contributed by atoms with E-state index in [0.29, 0.717) is 10.8 Å². The summed E-state index contributed by atoms with van der Waals surface area (Å²) in [6, 6.07) is 0.236. The number of alkyl halides is 3. The third-order valence-corrected chi connectivity index (χ3v) is 2.59. The zero-order valence-electron chi connectivity index (χ0n) is 11.2. The number of halogens is 3. The Labute approximate surface area is 120 Å². The third kappa shape index (κ3) is 6.71. The molecule has 0 aromatic carbocycles. The van der Waals surface area contributed by atoms with Gasteiger partial charge in [-0.15, -0.1) is 0 Å². The lowest BCUT2D eigenvalue weighted by molar-refractivity contribution is -0.182. The summed E-state index contributed by atoms with van der Waals surface area (Å²) in [6.45, 7) is 2.44. The van der Waals surface area contributed by atoms with Crippen molar-refractivity contribution < 1.29 is 17.9 Å². The molecule has 1 heterocycles. The van der Waals surface area contributed by atoms with Gasteiger partial charge in [0, 0.05) is 6.04 Å². The highest BCUT2D eigenvalue weighted by Crippen LogP contribution is 2.14. The van der Waals surface area contributed by atoms with Gasteiger partial charge in [-0.05, 0) is 25.6 Å². The first-order valence-corrected chi connectivity index (χ1v) is 6.45. The molecule has 1 rings (SSSR count). The summed E-state index contributed by atoms with van der Waals surface area (Å²) < 4.78 is 41.4. The van der Waals surface area contributed by atoms with Crippen LogP contribution in [0.25, 0.3) is 0 Å². The van der Waals surface area contributed by atoms with Crippen molar-refractivity contribution in [3.05, 3.63) is 12.4 Å². The van der Waals surface area contributed by atoms with Gasteiger partial charge in [-0.2, -0.15) is 18.3 Å². The van der Waals surface area contributed by atoms with Gasteiger partial charge in [0.15, 0.2) is 5.11 Å². The summed E-state index contributed by atoms with van der Waals surface area (Å²) in [7, 11) is 0. The topological polar surface area (TPSA) is 51.1 Å². The van der Waals surface area contributed by atoms with E-state index in [9.17, 15) is 13.2 Å². The summed E-state index contributed by atoms with van der Waals surface area (Å²) >= 11 is 5.08. The highest BCUT2D eigenvalue weighted by molar-refractivity contribution is 7.80. The summed E-state index contributed by atoms with van der Waals surface area (Å²) in [6.07, 6.45) is -0.440. The molecule has 0 saturated carbocycles. The number of ether oxygens (including phenoxy) is 1. The van der Waals surface area contributed by atoms with Crippen LogP contribution in [0.5, 0.6) is 0 Å². The van der Waals surface area contributed by atoms with Crippen LogP contribution >= 0.6 is 12.2 Å². The van der Waals surface area contributed by atoms with Crippen molar-refractivity contribution >= 4 is 23.0 Å². The minimum Gasteiger partial charge on any atom is -0.360 e. The molecule has 0 amide bonds. The van der Waals surface area contributed by atoms with Crippen LogP contribution in [-0.2, 0) is 11.5 Å². The molecular formula is C11H17F3N4OS. The van der Waals surface area contributed by atoms with Crippen molar-refractivity contribution in [1.82, 2.24) is 15.1 Å². The van der Waals surface area contributed by atoms with E-state index in [1.807, 2.05) is 13.8 Å². The Hall–Kier alpha value is -1.35. The molecule has 5 nitrogen and oxygen atoms in total. The Morgan fingerprint density at radius 1 is 1.55 bits per heavy atom. The number of nitrogens with zero attached hydrogens (tertiary/aromatic N) is 2. The standard InChI is InChI=1S/C11H17F3N4OS/c1-3-8(2)16-10(20)17-9-4-15-18(5-9)7-19-6-11(12,13)14/h4-5,8H,3,6-7H2,1-2H3,(H2,16,17,20). The van der Waals surface area contributed by atoms with Crippen LogP contribution in [0.3, 0.4) is 0 Å². The van der Waals surface area contributed by atoms with Crippen molar-refractivity contribution in [2.24, 2.45) is 0 Å². The molecule has 1 unspecified atom stereocenters. The summed E-state index contributed by atoms with van der Waals surface area (Å²) in [5.74, 6) is 0. The quantitative estimate of drug-likeness (QED) is 0.791. The Balaban J connectivity index is 2.37. The van der Waals surface area contributed by atoms with Crippen molar-refractivity contribution in [3.8, 4) is 0 Å². The SMILES string of the molecule is CCC(C)NC(=S)Nc1cnn(COCC(F)(F)F)c1. The van der Waals surface area contributed by atoms with E-state index >= 15 is 0 Å². The van der Waals surface area contributed by atoms with Gasteiger partial charge < -0.3 is 15.4 Å². The number of aromatic nitrogens is 2. The van der Waals surface area contributed by atoms with Gasteiger partial charge >= 0.3 is 6.18 Å². The predicted octanol–water partition coefficient (Wildman–Crippen LogP) is 2.50. The fourth-order valence-electron chi connectivity index (χ4n) is 1.25. The molecule has 2 N–H and O–H groups in total. The Bertz CT molecular complexity index is 436. The second kappa shape index (κ2) is 7.44. The van der Waals surface area contributed by atoms with E-state index in [1.165, 1.54) is 17.1 Å². The number of hydrogen-bond donors (Lipinski definition) is 2. The molecule has 0 aliphatic heterocycles. The minimum absolute atomic E-state index is 0.236. The van der Waals surface area contributed by atoms with Crippen LogP contribution < -0.4 is 10.6 Å². The minimum atomic E-state index is -4.34. The number of nitrogens with one attached hydrogen (secondary N) is 2. The monoisotopic (exact) mass is 310 g/mol. The van der Waals surface area contributed by atoms with E-state index in [-0.39, 0.29) is 12.8 Å². The van der Waals surface area contributed by atoms with Crippen LogP contribution in [0.4, 0.5) is 18.9 Å². The molecule has 0 bridgehead atoms. The lowest BCUT2D eigenvalue weighted by Crippen LogP contribution is -2.35. The van der Waals surface area contributed by atoms with Crippen molar-refractivity contribution in [3.63, 3.8) is 0 Å². The zero-order valence-corrected chi connectivity index (χ0v) is 12.0. The molecule has 9 heteroatoms. The van der Waals surface area contributed by atoms with Crippen LogP contribution in [-0.4, -0.2) is 33.7 Å². The van der Waals surface area contributed by atoms with E-state index in [0.717, 1.165) is 6.42 Å². The Morgan fingerprint density at radius 3 is 2.85 bits per heavy atom. The zero-order chi connectivity index (χ0) is 15.2. The van der Waals surface area contributed by atoms with E-state index in [4.69, 9.17) is 12.2 Å². The van der Waals surface area contributed by atoms with Crippen molar-refractivity contribution in [2.75, 3.05) is 11.9 Å². The smallest absolute Gasteiger partial charge is 0.360 e. The molecular weight excluding hydrogens is 293 g/mol. The second-order valence-electron chi connectivity index (χ2n) is 4.27. The van der Waals surface area contributed by atoms with Crippen molar-refractivity contribution in [1.29, 1.82) is 0 Å².